The molecular formula is C19H23N5O3. The van der Waals surface area contributed by atoms with E-state index >= 15 is 0 Å². The van der Waals surface area contributed by atoms with Crippen molar-refractivity contribution in [1.29, 1.82) is 0 Å². The van der Waals surface area contributed by atoms with E-state index in [1.807, 2.05) is 17.0 Å². The van der Waals surface area contributed by atoms with Crippen LogP contribution in [0.25, 0.3) is 0 Å². The number of carbonyl (C=O) groups excluding carboxylic acids is 2. The second-order valence-electron chi connectivity index (χ2n) is 7.44. The lowest BCUT2D eigenvalue weighted by Crippen LogP contribution is -2.50. The van der Waals surface area contributed by atoms with Gasteiger partial charge in [-0.1, -0.05) is 5.16 Å². The first-order valence-corrected chi connectivity index (χ1v) is 9.31. The van der Waals surface area contributed by atoms with Crippen molar-refractivity contribution in [3.05, 3.63) is 41.8 Å². The molecule has 0 N–H and O–H groups in total. The maximum absolute atomic E-state index is 13.1. The first-order chi connectivity index (χ1) is 13.1. The molecule has 0 bridgehead atoms. The zero-order valence-electron chi connectivity index (χ0n) is 15.4. The van der Waals surface area contributed by atoms with Crippen molar-refractivity contribution < 1.29 is 14.1 Å². The normalized spacial score (nSPS) is 22.6. The second-order valence-corrected chi connectivity index (χ2v) is 7.44. The summed E-state index contributed by atoms with van der Waals surface area (Å²) in [4.78, 5) is 37.6. The maximum atomic E-state index is 13.1. The monoisotopic (exact) mass is 369 g/mol. The molecule has 4 rings (SSSR count). The Hall–Kier alpha value is -2.77. The van der Waals surface area contributed by atoms with E-state index in [-0.39, 0.29) is 18.2 Å². The molecule has 2 amide bonds. The van der Waals surface area contributed by atoms with Crippen LogP contribution in [0.5, 0.6) is 0 Å². The average molecular weight is 369 g/mol. The van der Waals surface area contributed by atoms with Crippen LogP contribution in [-0.4, -0.2) is 56.4 Å². The van der Waals surface area contributed by atoms with Crippen molar-refractivity contribution in [2.24, 2.45) is 5.41 Å². The highest BCUT2D eigenvalue weighted by atomic mass is 16.5. The fourth-order valence-electron chi connectivity index (χ4n) is 4.13. The largest absolute Gasteiger partial charge is 0.341 e. The van der Waals surface area contributed by atoms with E-state index in [1.54, 1.807) is 24.2 Å². The molecule has 2 fully saturated rings. The van der Waals surface area contributed by atoms with Crippen LogP contribution in [-0.2, 0) is 22.6 Å². The first kappa shape index (κ1) is 17.6. The van der Waals surface area contributed by atoms with Gasteiger partial charge in [0.25, 0.3) is 0 Å². The molecule has 2 aliphatic heterocycles. The van der Waals surface area contributed by atoms with E-state index in [0.29, 0.717) is 31.3 Å². The SMILES string of the molecule is Cc1noc(CC(=O)N2CCCC3(CCN(Cc4ccncc4)C3=O)C2)n1. The Balaban J connectivity index is 1.42. The molecule has 1 atom stereocenters. The molecular weight excluding hydrogens is 346 g/mol. The fraction of sp³-hybridized carbons (Fsp3) is 0.526. The van der Waals surface area contributed by atoms with Crippen LogP contribution in [0.4, 0.5) is 0 Å². The summed E-state index contributed by atoms with van der Waals surface area (Å²) in [5.74, 6) is 0.948. The number of hydrogen-bond donors (Lipinski definition) is 0. The minimum atomic E-state index is -0.453. The number of rotatable bonds is 4. The number of pyridine rings is 1. The third kappa shape index (κ3) is 3.56. The molecule has 1 spiro atoms. The highest BCUT2D eigenvalue weighted by molar-refractivity contribution is 5.86. The van der Waals surface area contributed by atoms with Gasteiger partial charge in [0.05, 0.1) is 5.41 Å². The van der Waals surface area contributed by atoms with E-state index < -0.39 is 5.41 Å². The van der Waals surface area contributed by atoms with Crippen molar-refractivity contribution in [2.75, 3.05) is 19.6 Å². The molecule has 8 nitrogen and oxygen atoms in total. The van der Waals surface area contributed by atoms with E-state index in [0.717, 1.165) is 31.4 Å². The van der Waals surface area contributed by atoms with E-state index in [1.165, 1.54) is 0 Å². The number of amides is 2. The van der Waals surface area contributed by atoms with Crippen molar-refractivity contribution in [3.63, 3.8) is 0 Å². The minimum absolute atomic E-state index is 0.0573. The highest BCUT2D eigenvalue weighted by Gasteiger charge is 2.49. The number of aromatic nitrogens is 3. The highest BCUT2D eigenvalue weighted by Crippen LogP contribution is 2.40. The van der Waals surface area contributed by atoms with Gasteiger partial charge in [0.2, 0.25) is 17.7 Å². The van der Waals surface area contributed by atoms with Crippen molar-refractivity contribution >= 4 is 11.8 Å². The van der Waals surface area contributed by atoms with Gasteiger partial charge < -0.3 is 14.3 Å². The Morgan fingerprint density at radius 3 is 2.81 bits per heavy atom. The van der Waals surface area contributed by atoms with Crippen molar-refractivity contribution in [1.82, 2.24) is 24.9 Å². The minimum Gasteiger partial charge on any atom is -0.341 e. The van der Waals surface area contributed by atoms with E-state index in [9.17, 15) is 9.59 Å². The molecule has 2 saturated heterocycles. The van der Waals surface area contributed by atoms with Gasteiger partial charge >= 0.3 is 0 Å². The molecule has 0 saturated carbocycles. The summed E-state index contributed by atoms with van der Waals surface area (Å²) in [6, 6.07) is 3.86. The van der Waals surface area contributed by atoms with Gasteiger partial charge in [-0.25, -0.2) is 0 Å². The third-order valence-electron chi connectivity index (χ3n) is 5.53. The molecule has 142 valence electrons. The Morgan fingerprint density at radius 1 is 1.26 bits per heavy atom. The van der Waals surface area contributed by atoms with Gasteiger partial charge in [-0.15, -0.1) is 0 Å². The number of nitrogens with zero attached hydrogens (tertiary/aromatic N) is 5. The summed E-state index contributed by atoms with van der Waals surface area (Å²) in [5, 5.41) is 3.73. The molecule has 0 aliphatic carbocycles. The van der Waals surface area contributed by atoms with Gasteiger partial charge in [0, 0.05) is 38.6 Å². The predicted octanol–water partition coefficient (Wildman–Crippen LogP) is 1.36. The number of aryl methyl sites for hydroxylation is 1. The van der Waals surface area contributed by atoms with Gasteiger partial charge in [-0.3, -0.25) is 14.6 Å². The smallest absolute Gasteiger partial charge is 0.236 e. The molecule has 27 heavy (non-hydrogen) atoms. The zero-order valence-corrected chi connectivity index (χ0v) is 15.4. The van der Waals surface area contributed by atoms with Crippen LogP contribution >= 0.6 is 0 Å². The van der Waals surface area contributed by atoms with Crippen LogP contribution < -0.4 is 0 Å². The molecule has 8 heteroatoms. The summed E-state index contributed by atoms with van der Waals surface area (Å²) in [5.41, 5.74) is 0.622. The van der Waals surface area contributed by atoms with Crippen LogP contribution in [0.1, 0.15) is 36.5 Å². The predicted molar refractivity (Wildman–Crippen MR) is 95.3 cm³/mol. The number of likely N-dealkylation sites (tertiary alicyclic amines) is 2. The van der Waals surface area contributed by atoms with Crippen LogP contribution in [0.15, 0.2) is 29.0 Å². The Morgan fingerprint density at radius 2 is 2.07 bits per heavy atom. The fourth-order valence-corrected chi connectivity index (χ4v) is 4.13. The van der Waals surface area contributed by atoms with E-state index in [2.05, 4.69) is 15.1 Å². The lowest BCUT2D eigenvalue weighted by molar-refractivity contribution is -0.143. The number of piperidine rings is 1. The molecule has 2 aromatic heterocycles. The molecule has 4 heterocycles. The number of hydrogen-bond acceptors (Lipinski definition) is 6. The zero-order chi connectivity index (χ0) is 18.9. The summed E-state index contributed by atoms with van der Waals surface area (Å²) >= 11 is 0. The van der Waals surface area contributed by atoms with Gasteiger partial charge in [-0.05, 0) is 43.9 Å². The van der Waals surface area contributed by atoms with Crippen LogP contribution in [0.3, 0.4) is 0 Å². The summed E-state index contributed by atoms with van der Waals surface area (Å²) in [6.07, 6.45) is 6.04. The lowest BCUT2D eigenvalue weighted by atomic mass is 9.78. The quantitative estimate of drug-likeness (QED) is 0.808. The number of carbonyl (C=O) groups is 2. The Labute approximate surface area is 157 Å². The summed E-state index contributed by atoms with van der Waals surface area (Å²) in [6.45, 7) is 4.20. The first-order valence-electron chi connectivity index (χ1n) is 9.31. The molecule has 0 radical (unpaired) electrons. The van der Waals surface area contributed by atoms with E-state index in [4.69, 9.17) is 4.52 Å². The molecule has 2 aliphatic rings. The van der Waals surface area contributed by atoms with Crippen LogP contribution in [0.2, 0.25) is 0 Å². The average Bonchev–Trinajstić information content (AvgIpc) is 3.21. The topological polar surface area (TPSA) is 92.4 Å². The standard InChI is InChI=1S/C19H23N5O3/c1-14-21-16(27-22-14)11-17(25)24-9-2-5-19(13-24)6-10-23(18(19)26)12-15-3-7-20-8-4-15/h3-4,7-8H,2,5-6,9-13H2,1H3. The summed E-state index contributed by atoms with van der Waals surface area (Å²) in [7, 11) is 0. The third-order valence-corrected chi connectivity index (χ3v) is 5.53. The maximum Gasteiger partial charge on any atom is 0.236 e. The Kier molecular flexibility index (Phi) is 4.63. The summed E-state index contributed by atoms with van der Waals surface area (Å²) < 4.78 is 5.06. The lowest BCUT2D eigenvalue weighted by Gasteiger charge is -2.39. The molecule has 2 aromatic rings. The van der Waals surface area contributed by atoms with Gasteiger partial charge in [0.1, 0.15) is 6.42 Å². The van der Waals surface area contributed by atoms with Crippen molar-refractivity contribution in [2.45, 2.75) is 39.2 Å². The van der Waals surface area contributed by atoms with Gasteiger partial charge in [0.15, 0.2) is 5.82 Å². The van der Waals surface area contributed by atoms with Gasteiger partial charge in [-0.2, -0.15) is 4.98 Å². The van der Waals surface area contributed by atoms with Crippen LogP contribution in [0, 0.1) is 12.3 Å². The van der Waals surface area contributed by atoms with Crippen molar-refractivity contribution in [3.8, 4) is 0 Å². The molecule has 1 unspecified atom stereocenters. The second kappa shape index (κ2) is 7.09. The molecule has 0 aromatic carbocycles. The Bertz CT molecular complexity index is 837.